The van der Waals surface area contributed by atoms with Crippen molar-refractivity contribution in [2.45, 2.75) is 60.7 Å². The molecule has 0 saturated heterocycles. The second-order valence-electron chi connectivity index (χ2n) is 9.54. The summed E-state index contributed by atoms with van der Waals surface area (Å²) >= 11 is -2.12. The van der Waals surface area contributed by atoms with Crippen molar-refractivity contribution in [1.82, 2.24) is 0 Å². The summed E-state index contributed by atoms with van der Waals surface area (Å²) < 4.78 is 1.47. The quantitative estimate of drug-likeness (QED) is 0.347. The molecule has 0 heterocycles. The van der Waals surface area contributed by atoms with Crippen molar-refractivity contribution < 1.29 is 20.1 Å². The first kappa shape index (κ1) is 20.8. The molecule has 0 aromatic heterocycles. The van der Waals surface area contributed by atoms with E-state index in [9.17, 15) is 0 Å². The average molecular weight is 575 g/mol. The van der Waals surface area contributed by atoms with Gasteiger partial charge >= 0.3 is 191 Å². The maximum atomic E-state index is 2.82. The van der Waals surface area contributed by atoms with Gasteiger partial charge in [0.05, 0.1) is 0 Å². The first-order chi connectivity index (χ1) is 14.5. The predicted octanol–water partition coefficient (Wildman–Crippen LogP) is 6.99. The second kappa shape index (κ2) is 8.43. The van der Waals surface area contributed by atoms with Crippen LogP contribution in [-0.2, 0) is 20.1 Å². The van der Waals surface area contributed by atoms with E-state index < -0.39 is 20.1 Å². The fourth-order valence-electron chi connectivity index (χ4n) is 5.78. The zero-order valence-corrected chi connectivity index (χ0v) is 23.3. The Kier molecular flexibility index (Phi) is 5.83. The molecule has 0 amide bonds. The molecule has 0 bridgehead atoms. The Hall–Kier alpha value is -1.12. The topological polar surface area (TPSA) is 0 Å². The van der Waals surface area contributed by atoms with Crippen LogP contribution in [0.4, 0.5) is 0 Å². The molecule has 2 aromatic carbocycles. The van der Waals surface area contributed by atoms with Gasteiger partial charge in [0.1, 0.15) is 0 Å². The van der Waals surface area contributed by atoms with Crippen LogP contribution in [0.1, 0.15) is 77.5 Å². The first-order valence-corrected chi connectivity index (χ1v) is 22.2. The van der Waals surface area contributed by atoms with Crippen LogP contribution in [-0.4, -0.2) is 11.5 Å². The van der Waals surface area contributed by atoms with Crippen LogP contribution in [0.15, 0.2) is 36.4 Å². The summed E-state index contributed by atoms with van der Waals surface area (Å²) in [5.41, 5.74) is 15.2. The van der Waals surface area contributed by atoms with Gasteiger partial charge in [0.25, 0.3) is 0 Å². The molecule has 0 N–H and O–H groups in total. The number of benzene rings is 2. The van der Waals surface area contributed by atoms with Gasteiger partial charge in [-0.2, -0.15) is 0 Å². The number of hydrogen-bond acceptors (Lipinski definition) is 0. The van der Waals surface area contributed by atoms with Gasteiger partial charge in [-0.05, 0) is 0 Å². The fraction of sp³-hybridized carbons (Fsp3) is 0.393. The standard InChI is InChI=1S/2C11H11.C6H10Si.Hf/c2*1-8-6-7-9(2)11-5-3-4-10(8)11;7-5-6-3-1-2-4-6;/h2*3-7H,1-2H3;5-6H,1-4H2;. The van der Waals surface area contributed by atoms with E-state index in [4.69, 9.17) is 0 Å². The normalized spacial score (nSPS) is 21.6. The van der Waals surface area contributed by atoms with E-state index in [1.54, 1.807) is 11.1 Å². The third kappa shape index (κ3) is 3.58. The van der Waals surface area contributed by atoms with Crippen molar-refractivity contribution in [1.29, 1.82) is 0 Å². The van der Waals surface area contributed by atoms with Crippen LogP contribution in [0.5, 0.6) is 0 Å². The molecule has 1 fully saturated rings. The molecule has 30 heavy (non-hydrogen) atoms. The Labute approximate surface area is 190 Å². The molecule has 5 rings (SSSR count). The van der Waals surface area contributed by atoms with Gasteiger partial charge in [-0.15, -0.1) is 0 Å². The van der Waals surface area contributed by atoms with E-state index in [2.05, 4.69) is 81.9 Å². The Morgan fingerprint density at radius 1 is 0.733 bits per heavy atom. The van der Waals surface area contributed by atoms with Crippen LogP contribution < -0.4 is 0 Å². The number of rotatable bonds is 3. The molecular formula is C28H32HfSi. The van der Waals surface area contributed by atoms with Gasteiger partial charge in [0.2, 0.25) is 0 Å². The summed E-state index contributed by atoms with van der Waals surface area (Å²) in [6.45, 7) is 9.28. The Bertz CT molecular complexity index is 1060. The summed E-state index contributed by atoms with van der Waals surface area (Å²) in [4.78, 5) is 0. The molecule has 2 aromatic rings. The zero-order valence-electron chi connectivity index (χ0n) is 18.8. The predicted molar refractivity (Wildman–Crippen MR) is 129 cm³/mol. The molecule has 0 nitrogen and oxygen atoms in total. The van der Waals surface area contributed by atoms with Crippen molar-refractivity contribution in [3.8, 4) is 0 Å². The van der Waals surface area contributed by atoms with E-state index in [-0.39, 0.29) is 0 Å². The van der Waals surface area contributed by atoms with Gasteiger partial charge in [-0.1, -0.05) is 0 Å². The first-order valence-electron chi connectivity index (χ1n) is 11.6. The summed E-state index contributed by atoms with van der Waals surface area (Å²) in [5.74, 6) is 2.02. The summed E-state index contributed by atoms with van der Waals surface area (Å²) in [6, 6.07) is 9.37. The van der Waals surface area contributed by atoms with Crippen molar-refractivity contribution >= 4 is 23.7 Å². The SMILES string of the molecule is Cc1ccc(C)c2c1C=C[CH]2[Hf](=[Si]=CC1CCCC1)[CH]1C=Cc2c(C)ccc(C)c21. The molecule has 2 unspecified atom stereocenters. The van der Waals surface area contributed by atoms with E-state index in [1.807, 2.05) is 0 Å². The molecule has 2 atom stereocenters. The molecule has 1 saturated carbocycles. The number of aryl methyl sites for hydroxylation is 4. The molecule has 3 aliphatic carbocycles. The Morgan fingerprint density at radius 3 is 1.70 bits per heavy atom. The van der Waals surface area contributed by atoms with Gasteiger partial charge in [0.15, 0.2) is 0 Å². The van der Waals surface area contributed by atoms with Gasteiger partial charge in [-0.25, -0.2) is 0 Å². The minimum absolute atomic E-state index is 0.737. The third-order valence-corrected chi connectivity index (χ3v) is 27.3. The average Bonchev–Trinajstić information content (AvgIpc) is 3.48. The van der Waals surface area contributed by atoms with E-state index in [0.717, 1.165) is 19.1 Å². The minimum atomic E-state index is -2.12. The molecule has 152 valence electrons. The van der Waals surface area contributed by atoms with E-state index in [1.165, 1.54) is 59.1 Å². The van der Waals surface area contributed by atoms with Crippen LogP contribution in [0.25, 0.3) is 12.2 Å². The van der Waals surface area contributed by atoms with E-state index >= 15 is 0 Å². The van der Waals surface area contributed by atoms with Crippen molar-refractivity contribution in [2.75, 3.05) is 0 Å². The molecule has 0 radical (unpaired) electrons. The van der Waals surface area contributed by atoms with Crippen molar-refractivity contribution in [3.63, 3.8) is 0 Å². The van der Waals surface area contributed by atoms with Crippen LogP contribution in [0, 0.1) is 33.6 Å². The Balaban J connectivity index is 1.67. The summed E-state index contributed by atoms with van der Waals surface area (Å²) in [5, 5.41) is 0. The van der Waals surface area contributed by atoms with Gasteiger partial charge < -0.3 is 0 Å². The molecule has 0 aliphatic heterocycles. The van der Waals surface area contributed by atoms with Crippen molar-refractivity contribution in [2.24, 2.45) is 5.92 Å². The second-order valence-corrected chi connectivity index (χ2v) is 25.7. The Morgan fingerprint density at radius 2 is 1.20 bits per heavy atom. The molecule has 2 heteroatoms. The molecule has 3 aliphatic rings. The zero-order chi connectivity index (χ0) is 20.8. The van der Waals surface area contributed by atoms with Gasteiger partial charge in [0, 0.05) is 0 Å². The van der Waals surface area contributed by atoms with E-state index in [0.29, 0.717) is 0 Å². The third-order valence-electron chi connectivity index (χ3n) is 7.53. The van der Waals surface area contributed by atoms with Crippen LogP contribution >= 0.6 is 0 Å². The molecule has 0 spiro atoms. The number of fused-ring (bicyclic) bond motifs is 2. The van der Waals surface area contributed by atoms with Crippen LogP contribution in [0.3, 0.4) is 0 Å². The summed E-state index contributed by atoms with van der Waals surface area (Å²) in [7, 11) is 0. The summed E-state index contributed by atoms with van der Waals surface area (Å²) in [6.07, 6.45) is 16.0. The maximum absolute atomic E-state index is 2.82. The van der Waals surface area contributed by atoms with Crippen molar-refractivity contribution in [3.05, 3.63) is 80.9 Å². The molecular weight excluding hydrogens is 543 g/mol. The van der Waals surface area contributed by atoms with Crippen LogP contribution in [0.2, 0.25) is 0 Å². The number of allylic oxidation sites excluding steroid dienone is 2. The number of hydrogen-bond donors (Lipinski definition) is 0. The fourth-order valence-corrected chi connectivity index (χ4v) is 27.9. The van der Waals surface area contributed by atoms with Gasteiger partial charge in [-0.3, -0.25) is 0 Å². The monoisotopic (exact) mass is 576 g/mol.